The molecule has 1 nitrogen and oxygen atoms in total. The Balaban J connectivity index is 2.89. The maximum atomic E-state index is 12.6. The van der Waals surface area contributed by atoms with Crippen LogP contribution in [0.25, 0.3) is 0 Å². The molecule has 0 fully saturated rings. The zero-order valence-corrected chi connectivity index (χ0v) is 10.3. The lowest BCUT2D eigenvalue weighted by Crippen LogP contribution is -2.13. The fourth-order valence-electron chi connectivity index (χ4n) is 1.08. The third-order valence-electron chi connectivity index (χ3n) is 1.86. The van der Waals surface area contributed by atoms with Crippen LogP contribution in [-0.2, 0) is 6.18 Å². The molecule has 0 atom stereocenters. The Kier molecular flexibility index (Phi) is 4.27. The first-order valence-corrected chi connectivity index (χ1v) is 5.81. The molecule has 0 aromatic heterocycles. The molecule has 1 N–H and O–H groups in total. The first-order chi connectivity index (χ1) is 7.70. The summed E-state index contributed by atoms with van der Waals surface area (Å²) in [4.78, 5) is 0.125. The molecule has 0 bridgehead atoms. The van der Waals surface area contributed by atoms with Gasteiger partial charge in [-0.3, -0.25) is 0 Å². The Morgan fingerprint density at radius 3 is 2.29 bits per heavy atom. The second kappa shape index (κ2) is 5.14. The van der Waals surface area contributed by atoms with Gasteiger partial charge >= 0.3 is 6.18 Å². The quantitative estimate of drug-likeness (QED) is 0.828. The molecule has 0 amide bonds. The minimum atomic E-state index is -4.35. The summed E-state index contributed by atoms with van der Waals surface area (Å²) < 4.78 is 37.9. The van der Waals surface area contributed by atoms with Crippen molar-refractivity contribution in [1.29, 1.82) is 0 Å². The summed E-state index contributed by atoms with van der Waals surface area (Å²) >= 11 is 0.940. The van der Waals surface area contributed by atoms with Crippen molar-refractivity contribution in [3.8, 4) is 0 Å². The Labute approximate surface area is 102 Å². The lowest BCUT2D eigenvalue weighted by atomic mass is 10.1. The fraction of sp³-hybridized carbons (Fsp3) is 0.333. The molecule has 1 rings (SSSR count). The van der Waals surface area contributed by atoms with Crippen LogP contribution >= 0.6 is 11.8 Å². The molecule has 1 aromatic carbocycles. The van der Waals surface area contributed by atoms with Crippen LogP contribution in [0.1, 0.15) is 19.4 Å². The predicted octanol–water partition coefficient (Wildman–Crippen LogP) is 4.08. The molecule has 0 spiro atoms. The van der Waals surface area contributed by atoms with Gasteiger partial charge in [0.25, 0.3) is 0 Å². The molecular formula is C12H13F3OS. The van der Waals surface area contributed by atoms with Gasteiger partial charge in [-0.15, -0.1) is 0 Å². The molecule has 0 radical (unpaired) electrons. The van der Waals surface area contributed by atoms with E-state index in [0.29, 0.717) is 0 Å². The van der Waals surface area contributed by atoms with Crippen LogP contribution < -0.4 is 0 Å². The van der Waals surface area contributed by atoms with Gasteiger partial charge in [-0.05, 0) is 37.5 Å². The van der Waals surface area contributed by atoms with Gasteiger partial charge < -0.3 is 5.11 Å². The monoisotopic (exact) mass is 262 g/mol. The highest BCUT2D eigenvalue weighted by Crippen LogP contribution is 2.36. The van der Waals surface area contributed by atoms with E-state index in [1.807, 2.05) is 0 Å². The highest BCUT2D eigenvalue weighted by atomic mass is 32.2. The summed E-state index contributed by atoms with van der Waals surface area (Å²) in [7, 11) is 0. The third kappa shape index (κ3) is 4.83. The normalized spacial score (nSPS) is 13.3. The van der Waals surface area contributed by atoms with Crippen LogP contribution in [0.5, 0.6) is 0 Å². The number of thioether (sulfide) groups is 1. The van der Waals surface area contributed by atoms with Crippen LogP contribution in [0.15, 0.2) is 40.6 Å². The van der Waals surface area contributed by atoms with E-state index in [9.17, 15) is 18.3 Å². The lowest BCUT2D eigenvalue weighted by molar-refractivity contribution is -0.139. The zero-order chi connectivity index (χ0) is 13.1. The number of hydrogen-bond donors (Lipinski definition) is 1. The van der Waals surface area contributed by atoms with E-state index < -0.39 is 17.3 Å². The van der Waals surface area contributed by atoms with Crippen LogP contribution in [0.2, 0.25) is 0 Å². The first-order valence-electron chi connectivity index (χ1n) is 4.93. The number of aliphatic hydroxyl groups is 1. The topological polar surface area (TPSA) is 20.2 Å². The molecular weight excluding hydrogens is 249 g/mol. The number of hydrogen-bond acceptors (Lipinski definition) is 2. The van der Waals surface area contributed by atoms with Crippen molar-refractivity contribution < 1.29 is 18.3 Å². The Hall–Kier alpha value is -0.940. The molecule has 17 heavy (non-hydrogen) atoms. The standard InChI is InChI=1S/C12H13F3OS/c1-11(2,16)7-8-17-10-6-4-3-5-9(10)12(13,14)15/h3-8,16H,1-2H3/b8-7+. The fourth-order valence-corrected chi connectivity index (χ4v) is 2.09. The lowest BCUT2D eigenvalue weighted by Gasteiger charge is -2.12. The molecule has 5 heteroatoms. The summed E-state index contributed by atoms with van der Waals surface area (Å²) in [6.07, 6.45) is -2.91. The van der Waals surface area contributed by atoms with Crippen molar-refractivity contribution in [2.24, 2.45) is 0 Å². The molecule has 1 aromatic rings. The Morgan fingerprint density at radius 1 is 1.18 bits per heavy atom. The molecule has 0 heterocycles. The maximum Gasteiger partial charge on any atom is 0.417 e. The van der Waals surface area contributed by atoms with E-state index >= 15 is 0 Å². The van der Waals surface area contributed by atoms with E-state index in [2.05, 4.69) is 0 Å². The molecule has 0 saturated heterocycles. The van der Waals surface area contributed by atoms with E-state index in [1.165, 1.54) is 23.6 Å². The predicted molar refractivity (Wildman–Crippen MR) is 62.7 cm³/mol. The third-order valence-corrected chi connectivity index (χ3v) is 2.75. The minimum absolute atomic E-state index is 0.125. The number of halogens is 3. The summed E-state index contributed by atoms with van der Waals surface area (Å²) in [5.41, 5.74) is -1.69. The van der Waals surface area contributed by atoms with Crippen LogP contribution in [0, 0.1) is 0 Å². The molecule has 94 valence electrons. The summed E-state index contributed by atoms with van der Waals surface area (Å²) in [5.74, 6) is 0. The van der Waals surface area contributed by atoms with Crippen LogP contribution in [0.3, 0.4) is 0 Å². The van der Waals surface area contributed by atoms with Gasteiger partial charge in [0.05, 0.1) is 11.2 Å². The van der Waals surface area contributed by atoms with Gasteiger partial charge in [-0.25, -0.2) is 0 Å². The SMILES string of the molecule is CC(C)(O)/C=C/Sc1ccccc1C(F)(F)F. The van der Waals surface area contributed by atoms with Crippen molar-refractivity contribution in [3.05, 3.63) is 41.3 Å². The highest BCUT2D eigenvalue weighted by molar-refractivity contribution is 8.02. The largest absolute Gasteiger partial charge is 0.417 e. The van der Waals surface area contributed by atoms with Gasteiger partial charge in [-0.2, -0.15) is 13.2 Å². The molecule has 0 aliphatic carbocycles. The number of rotatable bonds is 3. The van der Waals surface area contributed by atoms with Crippen LogP contribution in [0.4, 0.5) is 13.2 Å². The maximum absolute atomic E-state index is 12.6. The molecule has 0 aliphatic rings. The summed E-state index contributed by atoms with van der Waals surface area (Å²) in [6, 6.07) is 5.35. The van der Waals surface area contributed by atoms with Gasteiger partial charge in [0.2, 0.25) is 0 Å². The number of benzene rings is 1. The molecule has 0 saturated carbocycles. The second-order valence-electron chi connectivity index (χ2n) is 4.07. The van der Waals surface area contributed by atoms with E-state index in [1.54, 1.807) is 19.9 Å². The van der Waals surface area contributed by atoms with Crippen LogP contribution in [-0.4, -0.2) is 10.7 Å². The van der Waals surface area contributed by atoms with Gasteiger partial charge in [0, 0.05) is 4.90 Å². The van der Waals surface area contributed by atoms with Crippen molar-refractivity contribution in [2.45, 2.75) is 30.5 Å². The van der Waals surface area contributed by atoms with Crippen molar-refractivity contribution in [3.63, 3.8) is 0 Å². The number of alkyl halides is 3. The Bertz CT molecular complexity index is 405. The zero-order valence-electron chi connectivity index (χ0n) is 9.45. The van der Waals surface area contributed by atoms with Crippen molar-refractivity contribution in [2.75, 3.05) is 0 Å². The van der Waals surface area contributed by atoms with E-state index in [-0.39, 0.29) is 4.90 Å². The Morgan fingerprint density at radius 2 is 1.76 bits per heavy atom. The second-order valence-corrected chi connectivity index (χ2v) is 5.02. The molecule has 0 aliphatic heterocycles. The van der Waals surface area contributed by atoms with Crippen molar-refractivity contribution >= 4 is 11.8 Å². The first kappa shape index (κ1) is 14.1. The highest BCUT2D eigenvalue weighted by Gasteiger charge is 2.32. The van der Waals surface area contributed by atoms with E-state index in [4.69, 9.17) is 0 Å². The van der Waals surface area contributed by atoms with E-state index in [0.717, 1.165) is 17.8 Å². The van der Waals surface area contributed by atoms with Gasteiger partial charge in [0.1, 0.15) is 0 Å². The van der Waals surface area contributed by atoms with Crippen molar-refractivity contribution in [1.82, 2.24) is 0 Å². The molecule has 0 unspecified atom stereocenters. The minimum Gasteiger partial charge on any atom is -0.386 e. The summed E-state index contributed by atoms with van der Waals surface area (Å²) in [6.45, 7) is 3.11. The van der Waals surface area contributed by atoms with Gasteiger partial charge in [0.15, 0.2) is 0 Å². The van der Waals surface area contributed by atoms with Gasteiger partial charge in [-0.1, -0.05) is 23.9 Å². The smallest absolute Gasteiger partial charge is 0.386 e. The summed E-state index contributed by atoms with van der Waals surface area (Å²) in [5, 5.41) is 10.9. The average molecular weight is 262 g/mol. The average Bonchev–Trinajstić information content (AvgIpc) is 2.15.